The number of ether oxygens (including phenoxy) is 1. The number of aromatic nitrogens is 1. The SMILES string of the molecule is COc1ccc(C2c3cccn3-c3ccccc3N2C(=O)CN(C(=O)NCc2ccccc2)C2CC2)cc1. The Bertz CT molecular complexity index is 1440. The summed E-state index contributed by atoms with van der Waals surface area (Å²) in [5.41, 5.74) is 4.75. The molecule has 0 saturated heterocycles. The summed E-state index contributed by atoms with van der Waals surface area (Å²) >= 11 is 0. The molecular formula is C31H30N4O3. The Morgan fingerprint density at radius 1 is 0.895 bits per heavy atom. The first-order valence-electron chi connectivity index (χ1n) is 12.9. The quantitative estimate of drug-likeness (QED) is 0.370. The zero-order chi connectivity index (χ0) is 26.1. The highest BCUT2D eigenvalue weighted by Gasteiger charge is 2.40. The van der Waals surface area contributed by atoms with Crippen molar-refractivity contribution in [3.8, 4) is 11.4 Å². The van der Waals surface area contributed by atoms with Gasteiger partial charge < -0.3 is 19.5 Å². The van der Waals surface area contributed by atoms with Gasteiger partial charge in [-0.2, -0.15) is 0 Å². The van der Waals surface area contributed by atoms with E-state index in [-0.39, 0.29) is 30.6 Å². The number of para-hydroxylation sites is 2. The lowest BCUT2D eigenvalue weighted by molar-refractivity contribution is -0.119. The molecule has 0 radical (unpaired) electrons. The van der Waals surface area contributed by atoms with E-state index in [0.29, 0.717) is 6.54 Å². The number of benzene rings is 3. The Balaban J connectivity index is 1.32. The van der Waals surface area contributed by atoms with Gasteiger partial charge in [-0.1, -0.05) is 54.6 Å². The standard InChI is InChI=1S/C31H30N4O3/c1-38-25-17-13-23(14-18-25)30-28-12-7-19-33(28)26-10-5-6-11-27(26)35(30)29(36)21-34(24-15-16-24)31(37)32-20-22-8-3-2-4-9-22/h2-14,17-19,24,30H,15-16,20-21H2,1H3,(H,32,37). The van der Waals surface area contributed by atoms with Crippen LogP contribution >= 0.6 is 0 Å². The second kappa shape index (κ2) is 10.1. The van der Waals surface area contributed by atoms with Crippen LogP contribution < -0.4 is 15.0 Å². The van der Waals surface area contributed by atoms with Crippen LogP contribution in [-0.4, -0.2) is 41.1 Å². The Kier molecular flexibility index (Phi) is 6.33. The predicted octanol–water partition coefficient (Wildman–Crippen LogP) is 5.30. The van der Waals surface area contributed by atoms with Crippen LogP contribution in [-0.2, 0) is 11.3 Å². The smallest absolute Gasteiger partial charge is 0.318 e. The highest BCUT2D eigenvalue weighted by Crippen LogP contribution is 2.42. The van der Waals surface area contributed by atoms with Crippen LogP contribution in [0.25, 0.3) is 5.69 Å². The number of fused-ring (bicyclic) bond motifs is 3. The molecule has 3 amide bonds. The lowest BCUT2D eigenvalue weighted by Gasteiger charge is -2.39. The lowest BCUT2D eigenvalue weighted by Crippen LogP contribution is -2.49. The molecule has 7 heteroatoms. The summed E-state index contributed by atoms with van der Waals surface area (Å²) < 4.78 is 7.51. The van der Waals surface area contributed by atoms with Crippen molar-refractivity contribution in [3.05, 3.63) is 114 Å². The summed E-state index contributed by atoms with van der Waals surface area (Å²) in [6.45, 7) is 0.429. The average Bonchev–Trinajstić information content (AvgIpc) is 3.69. The molecule has 192 valence electrons. The van der Waals surface area contributed by atoms with Crippen LogP contribution in [0.15, 0.2) is 97.2 Å². The lowest BCUT2D eigenvalue weighted by atomic mass is 9.97. The van der Waals surface area contributed by atoms with Crippen molar-refractivity contribution >= 4 is 17.6 Å². The molecule has 1 N–H and O–H groups in total. The molecule has 1 aliphatic carbocycles. The molecule has 0 spiro atoms. The molecule has 2 aliphatic rings. The third-order valence-corrected chi connectivity index (χ3v) is 7.26. The maximum Gasteiger partial charge on any atom is 0.318 e. The van der Waals surface area contributed by atoms with E-state index in [1.54, 1.807) is 12.0 Å². The molecule has 1 atom stereocenters. The first-order valence-corrected chi connectivity index (χ1v) is 12.9. The van der Waals surface area contributed by atoms with E-state index >= 15 is 0 Å². The maximum atomic E-state index is 14.2. The second-order valence-electron chi connectivity index (χ2n) is 9.73. The van der Waals surface area contributed by atoms with Gasteiger partial charge in [0, 0.05) is 18.8 Å². The molecular weight excluding hydrogens is 476 g/mol. The van der Waals surface area contributed by atoms with Crippen LogP contribution in [0.1, 0.15) is 35.7 Å². The summed E-state index contributed by atoms with van der Waals surface area (Å²) in [7, 11) is 1.64. The normalized spacial score (nSPS) is 15.8. The number of anilines is 1. The first-order chi connectivity index (χ1) is 18.6. The Labute approximate surface area is 222 Å². The van der Waals surface area contributed by atoms with Crippen molar-refractivity contribution in [3.63, 3.8) is 0 Å². The van der Waals surface area contributed by atoms with E-state index in [2.05, 4.69) is 16.0 Å². The van der Waals surface area contributed by atoms with Crippen molar-refractivity contribution < 1.29 is 14.3 Å². The number of nitrogens with one attached hydrogen (secondary N) is 1. The molecule has 2 heterocycles. The van der Waals surface area contributed by atoms with E-state index in [9.17, 15) is 9.59 Å². The fourth-order valence-corrected chi connectivity index (χ4v) is 5.21. The zero-order valence-electron chi connectivity index (χ0n) is 21.3. The van der Waals surface area contributed by atoms with Crippen LogP contribution in [0.5, 0.6) is 5.75 Å². The van der Waals surface area contributed by atoms with E-state index < -0.39 is 0 Å². The van der Waals surface area contributed by atoms with Gasteiger partial charge in [0.1, 0.15) is 18.3 Å². The first kappa shape index (κ1) is 23.9. The van der Waals surface area contributed by atoms with Crippen molar-refractivity contribution in [2.45, 2.75) is 31.5 Å². The van der Waals surface area contributed by atoms with Gasteiger partial charge in [0.15, 0.2) is 0 Å². The number of methoxy groups -OCH3 is 1. The minimum Gasteiger partial charge on any atom is -0.497 e. The third-order valence-electron chi connectivity index (χ3n) is 7.26. The third kappa shape index (κ3) is 4.52. The topological polar surface area (TPSA) is 66.8 Å². The Hall–Kier alpha value is -4.52. The number of hydrogen-bond acceptors (Lipinski definition) is 3. The number of carbonyl (C=O) groups is 2. The molecule has 4 aromatic rings. The van der Waals surface area contributed by atoms with Crippen molar-refractivity contribution in [2.24, 2.45) is 0 Å². The number of urea groups is 1. The minimum atomic E-state index is -0.341. The molecule has 38 heavy (non-hydrogen) atoms. The largest absolute Gasteiger partial charge is 0.497 e. The van der Waals surface area contributed by atoms with Gasteiger partial charge in [-0.3, -0.25) is 9.69 Å². The summed E-state index contributed by atoms with van der Waals surface area (Å²) in [6, 6.07) is 29.2. The van der Waals surface area contributed by atoms with Crippen LogP contribution in [0.4, 0.5) is 10.5 Å². The van der Waals surface area contributed by atoms with Gasteiger partial charge in [-0.15, -0.1) is 0 Å². The number of rotatable bonds is 7. The fraction of sp³-hybridized carbons (Fsp3) is 0.226. The van der Waals surface area contributed by atoms with E-state index in [1.165, 1.54) is 0 Å². The summed E-state index contributed by atoms with van der Waals surface area (Å²) in [5.74, 6) is 0.640. The highest BCUT2D eigenvalue weighted by molar-refractivity contribution is 6.00. The summed E-state index contributed by atoms with van der Waals surface area (Å²) in [6.07, 6.45) is 3.85. The predicted molar refractivity (Wildman–Crippen MR) is 146 cm³/mol. The molecule has 3 aromatic carbocycles. The summed E-state index contributed by atoms with van der Waals surface area (Å²) in [5, 5.41) is 3.01. The van der Waals surface area contributed by atoms with Crippen molar-refractivity contribution in [1.29, 1.82) is 0 Å². The van der Waals surface area contributed by atoms with Gasteiger partial charge in [-0.05, 0) is 60.4 Å². The number of hydrogen-bond donors (Lipinski definition) is 1. The molecule has 1 aromatic heterocycles. The fourth-order valence-electron chi connectivity index (χ4n) is 5.21. The highest BCUT2D eigenvalue weighted by atomic mass is 16.5. The van der Waals surface area contributed by atoms with Crippen molar-refractivity contribution in [1.82, 2.24) is 14.8 Å². The summed E-state index contributed by atoms with van der Waals surface area (Å²) in [4.78, 5) is 31.0. The van der Waals surface area contributed by atoms with Gasteiger partial charge in [0.05, 0.1) is 24.2 Å². The maximum absolute atomic E-state index is 14.2. The number of amides is 3. The zero-order valence-corrected chi connectivity index (χ0v) is 21.3. The molecule has 7 nitrogen and oxygen atoms in total. The second-order valence-corrected chi connectivity index (χ2v) is 9.73. The van der Waals surface area contributed by atoms with Crippen LogP contribution in [0.2, 0.25) is 0 Å². The van der Waals surface area contributed by atoms with E-state index in [0.717, 1.165) is 46.8 Å². The van der Waals surface area contributed by atoms with E-state index in [4.69, 9.17) is 4.74 Å². The average molecular weight is 507 g/mol. The molecule has 1 saturated carbocycles. The molecule has 1 fully saturated rings. The number of carbonyl (C=O) groups excluding carboxylic acids is 2. The van der Waals surface area contributed by atoms with Crippen molar-refractivity contribution in [2.75, 3.05) is 18.6 Å². The Morgan fingerprint density at radius 3 is 2.32 bits per heavy atom. The van der Waals surface area contributed by atoms with Gasteiger partial charge in [0.2, 0.25) is 5.91 Å². The van der Waals surface area contributed by atoms with Gasteiger partial charge >= 0.3 is 6.03 Å². The van der Waals surface area contributed by atoms with Gasteiger partial charge in [0.25, 0.3) is 0 Å². The molecule has 6 rings (SSSR count). The molecule has 0 bridgehead atoms. The van der Waals surface area contributed by atoms with Crippen LogP contribution in [0.3, 0.4) is 0 Å². The van der Waals surface area contributed by atoms with E-state index in [1.807, 2.05) is 96.0 Å². The monoisotopic (exact) mass is 506 g/mol. The molecule has 1 aliphatic heterocycles. The number of nitrogens with zero attached hydrogens (tertiary/aromatic N) is 3. The van der Waals surface area contributed by atoms with Crippen LogP contribution in [0, 0.1) is 0 Å². The minimum absolute atomic E-state index is 0.00693. The Morgan fingerprint density at radius 2 is 1.61 bits per heavy atom. The van der Waals surface area contributed by atoms with Gasteiger partial charge in [-0.25, -0.2) is 4.79 Å². The molecule has 1 unspecified atom stereocenters.